The Bertz CT molecular complexity index is 787. The minimum Gasteiger partial charge on any atom is -0.493 e. The molecule has 0 saturated carbocycles. The first kappa shape index (κ1) is 27.2. The lowest BCUT2D eigenvalue weighted by atomic mass is 10.0. The standard InChI is InChI=1S/C30H48N2O/c1-4-7-10-12-16-23-32(24-17-13-11-8-5-2)30(31)28-21-22-29(33-25-18-9-6-3)27-20-15-14-19-26(27)28/h14-15,19-22,31H,4-13,16-18,23-25H2,1-3H3. The first-order valence-electron chi connectivity index (χ1n) is 13.7. The van der Waals surface area contributed by atoms with Crippen LogP contribution in [-0.2, 0) is 0 Å². The van der Waals surface area contributed by atoms with Gasteiger partial charge in [0.1, 0.15) is 11.6 Å². The Morgan fingerprint density at radius 1 is 0.667 bits per heavy atom. The fourth-order valence-electron chi connectivity index (χ4n) is 4.46. The predicted molar refractivity (Wildman–Crippen MR) is 145 cm³/mol. The Morgan fingerprint density at radius 3 is 1.82 bits per heavy atom. The van der Waals surface area contributed by atoms with Crippen molar-refractivity contribution in [3.05, 3.63) is 42.0 Å². The second-order valence-corrected chi connectivity index (χ2v) is 9.38. The minimum atomic E-state index is 0.676. The summed E-state index contributed by atoms with van der Waals surface area (Å²) in [6.07, 6.45) is 16.2. The molecule has 0 aliphatic rings. The van der Waals surface area contributed by atoms with E-state index in [2.05, 4.69) is 62.1 Å². The van der Waals surface area contributed by atoms with Gasteiger partial charge in [-0.25, -0.2) is 0 Å². The topological polar surface area (TPSA) is 36.3 Å². The largest absolute Gasteiger partial charge is 0.493 e. The third kappa shape index (κ3) is 9.39. The maximum atomic E-state index is 9.15. The van der Waals surface area contributed by atoms with Crippen molar-refractivity contribution < 1.29 is 4.74 Å². The van der Waals surface area contributed by atoms with Crippen LogP contribution in [0.5, 0.6) is 5.75 Å². The highest BCUT2D eigenvalue weighted by Gasteiger charge is 2.16. The third-order valence-electron chi connectivity index (χ3n) is 6.52. The molecule has 0 atom stereocenters. The number of rotatable bonds is 18. The van der Waals surface area contributed by atoms with Crippen LogP contribution >= 0.6 is 0 Å². The molecular formula is C30H48N2O. The SMILES string of the molecule is CCCCCCCN(CCCCCCC)C(=N)c1ccc(OCCCCC)c2ccccc12. The van der Waals surface area contributed by atoms with Crippen molar-refractivity contribution in [1.29, 1.82) is 5.41 Å². The zero-order chi connectivity index (χ0) is 23.7. The van der Waals surface area contributed by atoms with Crippen LogP contribution in [-0.4, -0.2) is 30.4 Å². The molecule has 0 radical (unpaired) electrons. The number of nitrogens with zero attached hydrogens (tertiary/aromatic N) is 1. The monoisotopic (exact) mass is 452 g/mol. The lowest BCUT2D eigenvalue weighted by Crippen LogP contribution is -2.33. The fraction of sp³-hybridized carbons (Fsp3) is 0.633. The highest BCUT2D eigenvalue weighted by Crippen LogP contribution is 2.30. The summed E-state index contributed by atoms with van der Waals surface area (Å²) in [6.45, 7) is 9.48. The van der Waals surface area contributed by atoms with Gasteiger partial charge in [-0.2, -0.15) is 0 Å². The van der Waals surface area contributed by atoms with Crippen molar-refractivity contribution in [2.45, 2.75) is 104 Å². The number of unbranched alkanes of at least 4 members (excludes halogenated alkanes) is 10. The smallest absolute Gasteiger partial charge is 0.128 e. The minimum absolute atomic E-state index is 0.676. The van der Waals surface area contributed by atoms with Crippen molar-refractivity contribution in [2.24, 2.45) is 0 Å². The normalized spacial score (nSPS) is 11.1. The molecule has 0 bridgehead atoms. The zero-order valence-electron chi connectivity index (χ0n) is 21.6. The van der Waals surface area contributed by atoms with E-state index in [1.54, 1.807) is 0 Å². The van der Waals surface area contributed by atoms with E-state index in [-0.39, 0.29) is 0 Å². The Hall–Kier alpha value is -2.03. The average molecular weight is 453 g/mol. The van der Waals surface area contributed by atoms with Crippen molar-refractivity contribution in [3.8, 4) is 5.75 Å². The van der Waals surface area contributed by atoms with Crippen molar-refractivity contribution in [3.63, 3.8) is 0 Å². The van der Waals surface area contributed by atoms with Gasteiger partial charge in [-0.05, 0) is 36.8 Å². The van der Waals surface area contributed by atoms with Crippen LogP contribution in [0.2, 0.25) is 0 Å². The number of ether oxygens (including phenoxy) is 1. The maximum Gasteiger partial charge on any atom is 0.128 e. The van der Waals surface area contributed by atoms with E-state index in [1.165, 1.54) is 77.0 Å². The molecule has 3 heteroatoms. The Morgan fingerprint density at radius 2 is 1.21 bits per heavy atom. The van der Waals surface area contributed by atoms with E-state index in [4.69, 9.17) is 10.1 Å². The molecule has 0 aliphatic heterocycles. The molecule has 33 heavy (non-hydrogen) atoms. The van der Waals surface area contributed by atoms with Gasteiger partial charge in [-0.15, -0.1) is 0 Å². The summed E-state index contributed by atoms with van der Waals surface area (Å²) in [5, 5.41) is 11.4. The summed E-state index contributed by atoms with van der Waals surface area (Å²) in [5.41, 5.74) is 1.04. The van der Waals surface area contributed by atoms with Gasteiger partial charge in [0, 0.05) is 24.0 Å². The van der Waals surface area contributed by atoms with Crippen LogP contribution in [0.1, 0.15) is 110 Å². The number of hydrogen-bond donors (Lipinski definition) is 1. The van der Waals surface area contributed by atoms with Crippen molar-refractivity contribution >= 4 is 16.6 Å². The van der Waals surface area contributed by atoms with Gasteiger partial charge >= 0.3 is 0 Å². The number of benzene rings is 2. The fourth-order valence-corrected chi connectivity index (χ4v) is 4.46. The Labute approximate surface area is 203 Å². The second-order valence-electron chi connectivity index (χ2n) is 9.38. The Balaban J connectivity index is 2.14. The number of fused-ring (bicyclic) bond motifs is 1. The number of amidine groups is 1. The first-order valence-corrected chi connectivity index (χ1v) is 13.7. The average Bonchev–Trinajstić information content (AvgIpc) is 2.84. The molecule has 0 unspecified atom stereocenters. The van der Waals surface area contributed by atoms with Crippen LogP contribution in [0.3, 0.4) is 0 Å². The molecule has 2 rings (SSSR count). The molecule has 184 valence electrons. The third-order valence-corrected chi connectivity index (χ3v) is 6.52. The molecular weight excluding hydrogens is 404 g/mol. The number of nitrogens with one attached hydrogen (secondary N) is 1. The molecule has 0 aromatic heterocycles. The van der Waals surface area contributed by atoms with Gasteiger partial charge in [0.2, 0.25) is 0 Å². The van der Waals surface area contributed by atoms with Crippen molar-refractivity contribution in [1.82, 2.24) is 4.90 Å². The van der Waals surface area contributed by atoms with Crippen LogP contribution in [0.25, 0.3) is 10.8 Å². The van der Waals surface area contributed by atoms with E-state index in [0.717, 1.165) is 48.2 Å². The van der Waals surface area contributed by atoms with Crippen LogP contribution < -0.4 is 4.74 Å². The molecule has 0 amide bonds. The highest BCUT2D eigenvalue weighted by atomic mass is 16.5. The van der Waals surface area contributed by atoms with E-state index < -0.39 is 0 Å². The molecule has 0 spiro atoms. The summed E-state index contributed by atoms with van der Waals surface area (Å²) in [6, 6.07) is 12.6. The molecule has 2 aromatic carbocycles. The quantitative estimate of drug-likeness (QED) is 0.139. The summed E-state index contributed by atoms with van der Waals surface area (Å²) < 4.78 is 6.14. The van der Waals surface area contributed by atoms with Crippen LogP contribution in [0.4, 0.5) is 0 Å². The van der Waals surface area contributed by atoms with E-state index in [1.807, 2.05) is 0 Å². The molecule has 0 heterocycles. The molecule has 0 fully saturated rings. The van der Waals surface area contributed by atoms with Gasteiger partial charge in [0.15, 0.2) is 0 Å². The molecule has 2 aromatic rings. The van der Waals surface area contributed by atoms with Gasteiger partial charge in [-0.1, -0.05) is 109 Å². The molecule has 1 N–H and O–H groups in total. The predicted octanol–water partition coefficient (Wildman–Crippen LogP) is 8.98. The van der Waals surface area contributed by atoms with E-state index >= 15 is 0 Å². The van der Waals surface area contributed by atoms with E-state index in [0.29, 0.717) is 5.84 Å². The maximum absolute atomic E-state index is 9.15. The summed E-state index contributed by atoms with van der Waals surface area (Å²) in [5.74, 6) is 1.62. The van der Waals surface area contributed by atoms with Gasteiger partial charge in [-0.3, -0.25) is 5.41 Å². The van der Waals surface area contributed by atoms with Gasteiger partial charge in [0.05, 0.1) is 6.61 Å². The van der Waals surface area contributed by atoms with Crippen molar-refractivity contribution in [2.75, 3.05) is 19.7 Å². The second kappa shape index (κ2) is 16.6. The lowest BCUT2D eigenvalue weighted by molar-refractivity contribution is 0.310. The first-order chi connectivity index (χ1) is 16.2. The number of hydrogen-bond acceptors (Lipinski definition) is 2. The Kier molecular flexibility index (Phi) is 13.7. The summed E-state index contributed by atoms with van der Waals surface area (Å²) >= 11 is 0. The highest BCUT2D eigenvalue weighted by molar-refractivity contribution is 6.09. The molecule has 0 saturated heterocycles. The van der Waals surface area contributed by atoms with Gasteiger partial charge < -0.3 is 9.64 Å². The van der Waals surface area contributed by atoms with E-state index in [9.17, 15) is 0 Å². The summed E-state index contributed by atoms with van der Waals surface area (Å²) in [7, 11) is 0. The summed E-state index contributed by atoms with van der Waals surface area (Å²) in [4.78, 5) is 2.33. The molecule has 0 aliphatic carbocycles. The lowest BCUT2D eigenvalue weighted by Gasteiger charge is -2.26. The van der Waals surface area contributed by atoms with Crippen LogP contribution in [0, 0.1) is 5.41 Å². The van der Waals surface area contributed by atoms with Crippen LogP contribution in [0.15, 0.2) is 36.4 Å². The zero-order valence-corrected chi connectivity index (χ0v) is 21.6. The molecule has 3 nitrogen and oxygen atoms in total. The van der Waals surface area contributed by atoms with Gasteiger partial charge in [0.25, 0.3) is 0 Å².